The summed E-state index contributed by atoms with van der Waals surface area (Å²) in [5, 5.41) is 127. The summed E-state index contributed by atoms with van der Waals surface area (Å²) in [4.78, 5) is 36.0. The molecule has 0 saturated carbocycles. The molecule has 4 rings (SSSR count). The van der Waals surface area contributed by atoms with Crippen LogP contribution in [0.4, 0.5) is 10.1 Å². The second-order valence-corrected chi connectivity index (χ2v) is 11.1. The van der Waals surface area contributed by atoms with Crippen LogP contribution < -0.4 is 10.6 Å². The molecule has 2 aliphatic rings. The lowest BCUT2D eigenvalue weighted by Gasteiger charge is -2.60. The minimum absolute atomic E-state index is 0.0506. The number of nitrogens with one attached hydrogen (secondary N) is 2. The fourth-order valence-corrected chi connectivity index (χ4v) is 5.45. The van der Waals surface area contributed by atoms with Crippen LogP contribution in [0, 0.1) is 5.82 Å². The quantitative estimate of drug-likeness (QED) is 0.0624. The van der Waals surface area contributed by atoms with Crippen molar-refractivity contribution in [2.75, 3.05) is 12.4 Å². The fraction of sp³-hybridized carbons (Fsp3) is 0.423. The van der Waals surface area contributed by atoms with Gasteiger partial charge in [-0.1, -0.05) is 12.1 Å². The zero-order valence-corrected chi connectivity index (χ0v) is 25.0. The van der Waals surface area contributed by atoms with E-state index in [1.165, 1.54) is 7.05 Å². The molecule has 2 amide bonds. The summed E-state index contributed by atoms with van der Waals surface area (Å²) in [7, 11) is 11.7. The number of ether oxygens (including phenoxy) is 1. The topological polar surface area (TPSA) is 334 Å². The third-order valence-corrected chi connectivity index (χ3v) is 7.85. The maximum Gasteiger partial charge on any atom is 0.351 e. The van der Waals surface area contributed by atoms with Crippen molar-refractivity contribution in [3.63, 3.8) is 0 Å². The van der Waals surface area contributed by atoms with Crippen LogP contribution in [-0.2, 0) is 32.1 Å². The molecule has 262 valence electrons. The van der Waals surface area contributed by atoms with Crippen LogP contribution >= 0.6 is 0 Å². The molecule has 4 radical (unpaired) electrons. The molecule has 0 aliphatic carbocycles. The van der Waals surface area contributed by atoms with Crippen LogP contribution in [0.15, 0.2) is 36.4 Å². The van der Waals surface area contributed by atoms with Crippen molar-refractivity contribution in [3.05, 3.63) is 64.5 Å². The summed E-state index contributed by atoms with van der Waals surface area (Å²) in [5.41, 5.74) is -4.34. The molecule has 2 aromatic carbocycles. The molecule has 0 bridgehead atoms. The lowest BCUT2D eigenvalue weighted by atomic mass is 9.60. The van der Waals surface area contributed by atoms with Gasteiger partial charge in [0.15, 0.2) is 0 Å². The predicted octanol–water partition coefficient (Wildman–Crippen LogP) is -6.99. The number of anilines is 1. The largest absolute Gasteiger partial charge is 0.357 e. The van der Waals surface area contributed by atoms with E-state index in [1.807, 2.05) is 5.32 Å². The molecule has 1 unspecified atom stereocenters. The smallest absolute Gasteiger partial charge is 0.351 e. The van der Waals surface area contributed by atoms with Gasteiger partial charge in [-0.05, 0) is 30.7 Å². The highest BCUT2D eigenvalue weighted by molar-refractivity contribution is 6.40. The maximum atomic E-state index is 15.5. The van der Waals surface area contributed by atoms with Crippen LogP contribution in [0.2, 0.25) is 0 Å². The van der Waals surface area contributed by atoms with Crippen molar-refractivity contribution >= 4 is 39.5 Å². The molecule has 0 spiro atoms. The van der Waals surface area contributed by atoms with E-state index in [0.29, 0.717) is 23.3 Å². The van der Waals surface area contributed by atoms with E-state index in [4.69, 9.17) is 15.7 Å². The first-order valence-electron chi connectivity index (χ1n) is 13.7. The van der Waals surface area contributed by atoms with E-state index in [2.05, 4.69) is 10.1 Å². The Bertz CT molecular complexity index is 1650. The number of halogens is 1. The second-order valence-electron chi connectivity index (χ2n) is 11.1. The monoisotopic (exact) mass is 694 g/mol. The minimum Gasteiger partial charge on any atom is -0.357 e. The van der Waals surface area contributed by atoms with E-state index in [-0.39, 0.29) is 18.9 Å². The van der Waals surface area contributed by atoms with Gasteiger partial charge in [-0.25, -0.2) is 4.39 Å². The molecular formula is C26H29B2FN4O16. The van der Waals surface area contributed by atoms with E-state index in [9.17, 15) is 75.7 Å². The first-order chi connectivity index (χ1) is 22.2. The Morgan fingerprint density at radius 2 is 1.63 bits per heavy atom. The third-order valence-electron chi connectivity index (χ3n) is 7.85. The second kappa shape index (κ2) is 12.0. The summed E-state index contributed by atoms with van der Waals surface area (Å²) >= 11 is 0. The van der Waals surface area contributed by atoms with Crippen LogP contribution in [0.1, 0.15) is 39.9 Å². The number of rotatable bonds is 10. The zero-order chi connectivity index (χ0) is 37.3. The molecule has 23 heteroatoms. The van der Waals surface area contributed by atoms with E-state index < -0.39 is 97.4 Å². The molecular weight excluding hydrogens is 665 g/mol. The molecule has 14 N–H and O–H groups in total. The van der Waals surface area contributed by atoms with Crippen molar-refractivity contribution < 1.29 is 84.8 Å². The SMILES string of the molecule is [B]C1([B])OC(O)(O)C(O)(O)N(C(O)(O)c2ccc(C(O)(O)Nc3cccc4c3C(O)(O)N(C(CCC=O)C(=O)NC)C4=O)c(F)c2)C1(O)O. The number of carbonyl (C=O) groups is 3. The summed E-state index contributed by atoms with van der Waals surface area (Å²) in [6.45, 7) is 0. The van der Waals surface area contributed by atoms with Crippen molar-refractivity contribution in [1.82, 2.24) is 15.1 Å². The Kier molecular flexibility index (Phi) is 9.34. The molecule has 2 aliphatic heterocycles. The highest BCUT2D eigenvalue weighted by Crippen LogP contribution is 2.47. The highest BCUT2D eigenvalue weighted by atomic mass is 19.1. The zero-order valence-electron chi connectivity index (χ0n) is 25.0. The van der Waals surface area contributed by atoms with Crippen LogP contribution in [0.3, 0.4) is 0 Å². The minimum atomic E-state index is -4.60. The number of carbonyl (C=O) groups excluding carboxylic acids is 3. The number of aliphatic hydroxyl groups is 12. The van der Waals surface area contributed by atoms with Gasteiger partial charge in [0.25, 0.3) is 23.6 Å². The fourth-order valence-electron chi connectivity index (χ4n) is 5.45. The Morgan fingerprint density at radius 3 is 2.18 bits per heavy atom. The predicted molar refractivity (Wildman–Crippen MR) is 153 cm³/mol. The van der Waals surface area contributed by atoms with Crippen LogP contribution in [-0.4, -0.2) is 141 Å². The molecule has 2 heterocycles. The summed E-state index contributed by atoms with van der Waals surface area (Å²) in [6.07, 6.45) is -0.218. The van der Waals surface area contributed by atoms with Gasteiger partial charge in [-0.15, -0.1) is 4.90 Å². The van der Waals surface area contributed by atoms with E-state index >= 15 is 4.39 Å². The average Bonchev–Trinajstić information content (AvgIpc) is 3.16. The number of nitrogens with zero attached hydrogens (tertiary/aromatic N) is 2. The number of morpholine rings is 1. The summed E-state index contributed by atoms with van der Waals surface area (Å²) < 4.78 is 19.5. The number of hydrogen-bond donors (Lipinski definition) is 14. The standard InChI is InChI=1S/C26H29B2FN4O16/c1-30-18(35)16(6-3-9-34)32-19(36)12-4-2-5-15(17(12)22(32,41)42)31-20(37,38)13-8-7-11(10-14(13)29)21(39,40)33-24(43,44)23(27,28)49-26(47,48)25(33,45)46/h2,4-5,7-10,16,31,37-48H,3,6H2,1H3,(H,30,35). The number of aldehydes is 1. The number of benzene rings is 2. The number of likely N-dealkylation sites (N-methyl/N-ethyl adjacent to an activating group) is 1. The highest BCUT2D eigenvalue weighted by Gasteiger charge is 2.75. The summed E-state index contributed by atoms with van der Waals surface area (Å²) in [6, 6.07) is 2.46. The van der Waals surface area contributed by atoms with Gasteiger partial charge in [-0.3, -0.25) is 14.5 Å². The Morgan fingerprint density at radius 1 is 1.02 bits per heavy atom. The van der Waals surface area contributed by atoms with Crippen molar-refractivity contribution in [3.8, 4) is 0 Å². The number of hydrogen-bond acceptors (Lipinski definition) is 18. The van der Waals surface area contributed by atoms with Gasteiger partial charge in [0.2, 0.25) is 11.8 Å². The molecule has 20 nitrogen and oxygen atoms in total. The van der Waals surface area contributed by atoms with Crippen molar-refractivity contribution in [1.29, 1.82) is 0 Å². The van der Waals surface area contributed by atoms with Gasteiger partial charge in [-0.2, -0.15) is 0 Å². The van der Waals surface area contributed by atoms with E-state index in [0.717, 1.165) is 18.2 Å². The number of fused-ring (bicyclic) bond motifs is 1. The Balaban J connectivity index is 1.74. The molecule has 1 saturated heterocycles. The van der Waals surface area contributed by atoms with Crippen LogP contribution in [0.5, 0.6) is 0 Å². The average molecular weight is 694 g/mol. The lowest BCUT2D eigenvalue weighted by Crippen LogP contribution is -2.87. The molecule has 1 atom stereocenters. The Labute approximate surface area is 276 Å². The van der Waals surface area contributed by atoms with E-state index in [1.54, 1.807) is 0 Å². The normalized spacial score (nSPS) is 21.5. The molecule has 1 fully saturated rings. The molecule has 49 heavy (non-hydrogen) atoms. The molecule has 0 aromatic heterocycles. The lowest BCUT2D eigenvalue weighted by molar-refractivity contribution is -0.615. The third kappa shape index (κ3) is 5.88. The van der Waals surface area contributed by atoms with Gasteiger partial charge in [0, 0.05) is 24.7 Å². The summed E-state index contributed by atoms with van der Waals surface area (Å²) in [5.74, 6) is -28.3. The number of amides is 2. The first kappa shape index (κ1) is 38.2. The molecule has 2 aromatic rings. The van der Waals surface area contributed by atoms with Gasteiger partial charge >= 0.3 is 11.9 Å². The van der Waals surface area contributed by atoms with Gasteiger partial charge in [0.05, 0.1) is 22.1 Å². The van der Waals surface area contributed by atoms with Crippen molar-refractivity contribution in [2.45, 2.75) is 59.8 Å². The van der Waals surface area contributed by atoms with Gasteiger partial charge in [0.1, 0.15) is 33.8 Å². The van der Waals surface area contributed by atoms with Crippen LogP contribution in [0.25, 0.3) is 0 Å². The Hall–Kier alpha value is -3.65. The maximum absolute atomic E-state index is 15.5. The van der Waals surface area contributed by atoms with Gasteiger partial charge < -0.3 is 81.4 Å². The first-order valence-corrected chi connectivity index (χ1v) is 13.7. The van der Waals surface area contributed by atoms with Crippen molar-refractivity contribution in [2.24, 2.45) is 0 Å².